The summed E-state index contributed by atoms with van der Waals surface area (Å²) in [7, 11) is 0. The molecule has 3 nitrogen and oxygen atoms in total. The third-order valence-electron chi connectivity index (χ3n) is 2.72. The van der Waals surface area contributed by atoms with Gasteiger partial charge in [-0.3, -0.25) is 4.98 Å². The molecule has 2 aromatic heterocycles. The molecule has 0 spiro atoms. The molecule has 0 unspecified atom stereocenters. The number of aromatic nitrogens is 2. The van der Waals surface area contributed by atoms with Gasteiger partial charge in [0.1, 0.15) is 5.69 Å². The van der Waals surface area contributed by atoms with E-state index in [2.05, 4.69) is 27.4 Å². The summed E-state index contributed by atoms with van der Waals surface area (Å²) >= 11 is 1.60. The lowest BCUT2D eigenvalue weighted by Crippen LogP contribution is -1.98. The molecule has 0 bridgehead atoms. The van der Waals surface area contributed by atoms with Gasteiger partial charge in [-0.25, -0.2) is 4.98 Å². The zero-order valence-electron chi connectivity index (χ0n) is 10.3. The Kier molecular flexibility index (Phi) is 3.51. The molecule has 94 valence electrons. The van der Waals surface area contributed by atoms with Crippen LogP contribution in [0.1, 0.15) is 5.56 Å². The van der Waals surface area contributed by atoms with Gasteiger partial charge in [0.2, 0.25) is 0 Å². The second kappa shape index (κ2) is 5.63. The Morgan fingerprint density at radius 2 is 1.79 bits per heavy atom. The van der Waals surface area contributed by atoms with Crippen molar-refractivity contribution in [3.05, 3.63) is 65.7 Å². The number of nitrogens with one attached hydrogen (secondary N) is 1. The molecule has 19 heavy (non-hydrogen) atoms. The molecule has 4 heteroatoms. The maximum Gasteiger partial charge on any atom is 0.183 e. The van der Waals surface area contributed by atoms with Crippen molar-refractivity contribution in [1.82, 2.24) is 9.97 Å². The van der Waals surface area contributed by atoms with Crippen molar-refractivity contribution in [2.24, 2.45) is 0 Å². The molecular weight excluding hydrogens is 254 g/mol. The van der Waals surface area contributed by atoms with Crippen LogP contribution in [0.2, 0.25) is 0 Å². The van der Waals surface area contributed by atoms with Crippen molar-refractivity contribution in [1.29, 1.82) is 0 Å². The fraction of sp³-hybridized carbons (Fsp3) is 0.0667. The average Bonchev–Trinajstić information content (AvgIpc) is 2.96. The van der Waals surface area contributed by atoms with Crippen LogP contribution in [0.4, 0.5) is 5.13 Å². The first-order valence-electron chi connectivity index (χ1n) is 6.06. The van der Waals surface area contributed by atoms with E-state index in [0.29, 0.717) is 0 Å². The van der Waals surface area contributed by atoms with Gasteiger partial charge in [0.25, 0.3) is 0 Å². The SMILES string of the molecule is c1ccc(CNc2nc(-c3ccccn3)cs2)cc1. The van der Waals surface area contributed by atoms with Gasteiger partial charge >= 0.3 is 0 Å². The van der Waals surface area contributed by atoms with E-state index in [9.17, 15) is 0 Å². The van der Waals surface area contributed by atoms with Crippen molar-refractivity contribution in [3.63, 3.8) is 0 Å². The van der Waals surface area contributed by atoms with Crippen molar-refractivity contribution < 1.29 is 0 Å². The highest BCUT2D eigenvalue weighted by molar-refractivity contribution is 7.14. The average molecular weight is 267 g/mol. The van der Waals surface area contributed by atoms with E-state index in [1.165, 1.54) is 5.56 Å². The maximum absolute atomic E-state index is 4.54. The van der Waals surface area contributed by atoms with Crippen LogP contribution in [0.5, 0.6) is 0 Å². The van der Waals surface area contributed by atoms with Crippen molar-refractivity contribution in [3.8, 4) is 11.4 Å². The molecule has 3 aromatic rings. The molecule has 2 heterocycles. The zero-order valence-corrected chi connectivity index (χ0v) is 11.1. The predicted molar refractivity (Wildman–Crippen MR) is 79.1 cm³/mol. The molecular formula is C15H13N3S. The Morgan fingerprint density at radius 3 is 2.58 bits per heavy atom. The van der Waals surface area contributed by atoms with Crippen LogP contribution >= 0.6 is 11.3 Å². The highest BCUT2D eigenvalue weighted by Gasteiger charge is 2.04. The normalized spacial score (nSPS) is 10.3. The van der Waals surface area contributed by atoms with Gasteiger partial charge in [-0.2, -0.15) is 0 Å². The minimum Gasteiger partial charge on any atom is -0.357 e. The van der Waals surface area contributed by atoms with E-state index < -0.39 is 0 Å². The summed E-state index contributed by atoms with van der Waals surface area (Å²) in [4.78, 5) is 8.84. The second-order valence-electron chi connectivity index (χ2n) is 4.09. The number of pyridine rings is 1. The van der Waals surface area contributed by atoms with Crippen LogP contribution in [0.15, 0.2) is 60.1 Å². The molecule has 0 saturated heterocycles. The first-order valence-corrected chi connectivity index (χ1v) is 6.94. The Hall–Kier alpha value is -2.20. The molecule has 0 aliphatic carbocycles. The lowest BCUT2D eigenvalue weighted by molar-refractivity contribution is 1.13. The van der Waals surface area contributed by atoms with E-state index in [0.717, 1.165) is 23.1 Å². The summed E-state index contributed by atoms with van der Waals surface area (Å²) in [6, 6.07) is 16.1. The van der Waals surface area contributed by atoms with E-state index >= 15 is 0 Å². The molecule has 0 radical (unpaired) electrons. The number of hydrogen-bond acceptors (Lipinski definition) is 4. The van der Waals surface area contributed by atoms with Crippen LogP contribution < -0.4 is 5.32 Å². The summed E-state index contributed by atoms with van der Waals surface area (Å²) in [5, 5.41) is 6.28. The number of rotatable bonds is 4. The molecule has 0 aliphatic heterocycles. The topological polar surface area (TPSA) is 37.8 Å². The fourth-order valence-corrected chi connectivity index (χ4v) is 2.46. The van der Waals surface area contributed by atoms with Crippen LogP contribution in [-0.4, -0.2) is 9.97 Å². The summed E-state index contributed by atoms with van der Waals surface area (Å²) in [6.45, 7) is 0.788. The summed E-state index contributed by atoms with van der Waals surface area (Å²) in [5.74, 6) is 0. The molecule has 0 aliphatic rings. The van der Waals surface area contributed by atoms with Crippen molar-refractivity contribution >= 4 is 16.5 Å². The minimum atomic E-state index is 0.788. The van der Waals surface area contributed by atoms with Crippen LogP contribution in [0.3, 0.4) is 0 Å². The summed E-state index contributed by atoms with van der Waals surface area (Å²) in [5.41, 5.74) is 3.07. The summed E-state index contributed by atoms with van der Waals surface area (Å²) < 4.78 is 0. The van der Waals surface area contributed by atoms with Crippen molar-refractivity contribution in [2.75, 3.05) is 5.32 Å². The standard InChI is InChI=1S/C15H13N3S/c1-2-6-12(7-3-1)10-17-15-18-14(11-19-15)13-8-4-5-9-16-13/h1-9,11H,10H2,(H,17,18). The Labute approximate surface area is 116 Å². The molecule has 3 rings (SSSR count). The molecule has 0 fully saturated rings. The zero-order chi connectivity index (χ0) is 12.9. The Balaban J connectivity index is 1.69. The third kappa shape index (κ3) is 2.98. The summed E-state index contributed by atoms with van der Waals surface area (Å²) in [6.07, 6.45) is 1.78. The number of thiazole rings is 1. The lowest BCUT2D eigenvalue weighted by Gasteiger charge is -2.01. The van der Waals surface area contributed by atoms with Gasteiger partial charge < -0.3 is 5.32 Å². The van der Waals surface area contributed by atoms with Gasteiger partial charge in [0, 0.05) is 18.1 Å². The second-order valence-corrected chi connectivity index (χ2v) is 4.95. The number of nitrogens with zero attached hydrogens (tertiary/aromatic N) is 2. The van der Waals surface area contributed by atoms with Crippen molar-refractivity contribution in [2.45, 2.75) is 6.54 Å². The lowest BCUT2D eigenvalue weighted by atomic mass is 10.2. The Bertz CT molecular complexity index is 635. The first-order chi connectivity index (χ1) is 9.42. The van der Waals surface area contributed by atoms with E-state index in [1.54, 1.807) is 17.5 Å². The van der Waals surface area contributed by atoms with Gasteiger partial charge in [-0.1, -0.05) is 36.4 Å². The fourth-order valence-electron chi connectivity index (χ4n) is 1.76. The van der Waals surface area contributed by atoms with E-state index in [-0.39, 0.29) is 0 Å². The highest BCUT2D eigenvalue weighted by Crippen LogP contribution is 2.23. The smallest absolute Gasteiger partial charge is 0.183 e. The van der Waals surface area contributed by atoms with E-state index in [4.69, 9.17) is 0 Å². The first kappa shape index (κ1) is 11.9. The maximum atomic E-state index is 4.54. The van der Waals surface area contributed by atoms with E-state index in [1.807, 2.05) is 41.8 Å². The van der Waals surface area contributed by atoms with Gasteiger partial charge in [0.15, 0.2) is 5.13 Å². The Morgan fingerprint density at radius 1 is 0.947 bits per heavy atom. The largest absolute Gasteiger partial charge is 0.357 e. The number of hydrogen-bond donors (Lipinski definition) is 1. The molecule has 1 N–H and O–H groups in total. The molecule has 0 saturated carbocycles. The van der Waals surface area contributed by atoms with Crippen LogP contribution in [0.25, 0.3) is 11.4 Å². The number of anilines is 1. The monoisotopic (exact) mass is 267 g/mol. The van der Waals surface area contributed by atoms with Gasteiger partial charge in [-0.05, 0) is 17.7 Å². The molecule has 1 aromatic carbocycles. The predicted octanol–water partition coefficient (Wildman–Crippen LogP) is 3.82. The molecule has 0 amide bonds. The molecule has 0 atom stereocenters. The minimum absolute atomic E-state index is 0.788. The van der Waals surface area contributed by atoms with Gasteiger partial charge in [-0.15, -0.1) is 11.3 Å². The highest BCUT2D eigenvalue weighted by atomic mass is 32.1. The number of benzene rings is 1. The quantitative estimate of drug-likeness (QED) is 0.781. The van der Waals surface area contributed by atoms with Crippen LogP contribution in [0, 0.1) is 0 Å². The van der Waals surface area contributed by atoms with Crippen LogP contribution in [-0.2, 0) is 6.54 Å². The van der Waals surface area contributed by atoms with Gasteiger partial charge in [0.05, 0.1) is 5.69 Å². The third-order valence-corrected chi connectivity index (χ3v) is 3.52.